The van der Waals surface area contributed by atoms with E-state index in [-0.39, 0.29) is 12.5 Å². The van der Waals surface area contributed by atoms with Crippen molar-refractivity contribution in [2.45, 2.75) is 13.1 Å². The van der Waals surface area contributed by atoms with Gasteiger partial charge in [-0.2, -0.15) is 0 Å². The molecule has 25 heavy (non-hydrogen) atoms. The van der Waals surface area contributed by atoms with Gasteiger partial charge in [0.25, 0.3) is 0 Å². The molecule has 0 aliphatic rings. The maximum Gasteiger partial charge on any atom is 0.319 e. The summed E-state index contributed by atoms with van der Waals surface area (Å²) in [7, 11) is 4.59. The molecule has 0 N–H and O–H groups in total. The second kappa shape index (κ2) is 9.30. The molecule has 0 aromatic heterocycles. The molecule has 0 amide bonds. The maximum atomic E-state index is 11.8. The summed E-state index contributed by atoms with van der Waals surface area (Å²) >= 11 is 6.25. The minimum atomic E-state index is -0.304. The molecule has 2 rings (SSSR count). The Morgan fingerprint density at radius 2 is 1.64 bits per heavy atom. The van der Waals surface area contributed by atoms with Crippen LogP contribution in [0.4, 0.5) is 0 Å². The molecular weight excluding hydrogens is 342 g/mol. The van der Waals surface area contributed by atoms with Crippen molar-refractivity contribution < 1.29 is 19.0 Å². The fraction of sp³-hybridized carbons (Fsp3) is 0.316. The summed E-state index contributed by atoms with van der Waals surface area (Å²) in [5.41, 5.74) is 1.91. The van der Waals surface area contributed by atoms with E-state index in [1.807, 2.05) is 47.4 Å². The van der Waals surface area contributed by atoms with E-state index in [1.54, 1.807) is 14.2 Å². The summed E-state index contributed by atoms with van der Waals surface area (Å²) < 4.78 is 15.4. The van der Waals surface area contributed by atoms with Crippen LogP contribution in [-0.4, -0.2) is 38.7 Å². The fourth-order valence-corrected chi connectivity index (χ4v) is 2.69. The molecule has 0 saturated carbocycles. The molecule has 2 aromatic rings. The molecular formula is C19H22ClNO4. The van der Waals surface area contributed by atoms with E-state index in [9.17, 15) is 4.79 Å². The molecule has 2 aromatic carbocycles. The Morgan fingerprint density at radius 1 is 1.00 bits per heavy atom. The van der Waals surface area contributed by atoms with E-state index in [4.69, 9.17) is 25.8 Å². The molecule has 0 radical (unpaired) electrons. The highest BCUT2D eigenvalue weighted by Crippen LogP contribution is 2.24. The van der Waals surface area contributed by atoms with Crippen molar-refractivity contribution in [1.82, 2.24) is 4.90 Å². The number of halogens is 1. The Hall–Kier alpha value is -2.24. The van der Waals surface area contributed by atoms with Crippen molar-refractivity contribution in [3.8, 4) is 11.5 Å². The lowest BCUT2D eigenvalue weighted by Crippen LogP contribution is -2.30. The molecule has 0 bridgehead atoms. The molecule has 0 fully saturated rings. The van der Waals surface area contributed by atoms with Crippen molar-refractivity contribution in [1.29, 1.82) is 0 Å². The predicted octanol–water partition coefficient (Wildman–Crippen LogP) is 3.53. The Balaban J connectivity index is 2.23. The maximum absolute atomic E-state index is 11.8. The Bertz CT molecular complexity index is 698. The molecule has 6 heteroatoms. The molecule has 0 aliphatic heterocycles. The number of esters is 1. The smallest absolute Gasteiger partial charge is 0.319 e. The Labute approximate surface area is 153 Å². The minimum absolute atomic E-state index is 0.154. The minimum Gasteiger partial charge on any atom is -0.497 e. The first-order valence-corrected chi connectivity index (χ1v) is 8.18. The van der Waals surface area contributed by atoms with Gasteiger partial charge in [-0.25, -0.2) is 0 Å². The quantitative estimate of drug-likeness (QED) is 0.671. The number of carbonyl (C=O) groups is 1. The standard InChI is InChI=1S/C19H22ClNO4/c1-23-16-8-14(9-17(10-16)24-2)11-21(13-19(22)25-3)12-15-6-4-5-7-18(15)20/h4-10H,11-13H2,1-3H3. The van der Waals surface area contributed by atoms with Gasteiger partial charge in [0.2, 0.25) is 0 Å². The zero-order valence-corrected chi connectivity index (χ0v) is 15.4. The van der Waals surface area contributed by atoms with Crippen molar-refractivity contribution in [3.63, 3.8) is 0 Å². The number of ether oxygens (including phenoxy) is 3. The second-order valence-corrected chi connectivity index (χ2v) is 5.94. The Kier molecular flexibility index (Phi) is 7.10. The van der Waals surface area contributed by atoms with Gasteiger partial charge in [0, 0.05) is 24.2 Å². The van der Waals surface area contributed by atoms with Gasteiger partial charge in [-0.1, -0.05) is 29.8 Å². The largest absolute Gasteiger partial charge is 0.497 e. The number of hydrogen-bond donors (Lipinski definition) is 0. The van der Waals surface area contributed by atoms with Crippen LogP contribution in [0, 0.1) is 0 Å². The van der Waals surface area contributed by atoms with Crippen LogP contribution in [-0.2, 0) is 22.6 Å². The third-order valence-electron chi connectivity index (χ3n) is 3.75. The normalized spacial score (nSPS) is 10.6. The van der Waals surface area contributed by atoms with Gasteiger partial charge in [0.05, 0.1) is 27.9 Å². The van der Waals surface area contributed by atoms with Crippen LogP contribution >= 0.6 is 11.6 Å². The summed E-state index contributed by atoms with van der Waals surface area (Å²) in [6.07, 6.45) is 0. The third-order valence-corrected chi connectivity index (χ3v) is 4.12. The SMILES string of the molecule is COC(=O)CN(Cc1cc(OC)cc(OC)c1)Cc1ccccc1Cl. The van der Waals surface area contributed by atoms with Crippen LogP contribution in [0.5, 0.6) is 11.5 Å². The van der Waals surface area contributed by atoms with E-state index < -0.39 is 0 Å². The topological polar surface area (TPSA) is 48.0 Å². The molecule has 134 valence electrons. The lowest BCUT2D eigenvalue weighted by Gasteiger charge is -2.22. The van der Waals surface area contributed by atoms with Crippen molar-refractivity contribution in [2.24, 2.45) is 0 Å². The number of carbonyl (C=O) groups excluding carboxylic acids is 1. The van der Waals surface area contributed by atoms with Crippen LogP contribution in [0.2, 0.25) is 5.02 Å². The van der Waals surface area contributed by atoms with Crippen molar-refractivity contribution in [2.75, 3.05) is 27.9 Å². The van der Waals surface area contributed by atoms with E-state index >= 15 is 0 Å². The van der Waals surface area contributed by atoms with Crippen LogP contribution in [0.3, 0.4) is 0 Å². The van der Waals surface area contributed by atoms with Gasteiger partial charge >= 0.3 is 5.97 Å². The summed E-state index contributed by atoms with van der Waals surface area (Å²) in [6, 6.07) is 13.2. The van der Waals surface area contributed by atoms with Crippen LogP contribution < -0.4 is 9.47 Å². The fourth-order valence-electron chi connectivity index (χ4n) is 2.50. The average molecular weight is 364 g/mol. The van der Waals surface area contributed by atoms with E-state index in [1.165, 1.54) is 7.11 Å². The monoisotopic (exact) mass is 363 g/mol. The first-order valence-electron chi connectivity index (χ1n) is 7.80. The van der Waals surface area contributed by atoms with Gasteiger partial charge in [0.1, 0.15) is 11.5 Å². The number of nitrogens with zero attached hydrogens (tertiary/aromatic N) is 1. The van der Waals surface area contributed by atoms with Crippen molar-refractivity contribution in [3.05, 3.63) is 58.6 Å². The van der Waals surface area contributed by atoms with Crippen molar-refractivity contribution >= 4 is 17.6 Å². The van der Waals surface area contributed by atoms with Gasteiger partial charge in [0.15, 0.2) is 0 Å². The molecule has 0 heterocycles. The van der Waals surface area contributed by atoms with Gasteiger partial charge < -0.3 is 14.2 Å². The molecule has 5 nitrogen and oxygen atoms in total. The summed E-state index contributed by atoms with van der Waals surface area (Å²) in [4.78, 5) is 13.7. The summed E-state index contributed by atoms with van der Waals surface area (Å²) in [5, 5.41) is 0.667. The molecule has 0 atom stereocenters. The molecule has 0 spiro atoms. The van der Waals surface area contributed by atoms with Crippen LogP contribution in [0.15, 0.2) is 42.5 Å². The van der Waals surface area contributed by atoms with E-state index in [0.717, 1.165) is 11.1 Å². The van der Waals surface area contributed by atoms with E-state index in [2.05, 4.69) is 0 Å². The van der Waals surface area contributed by atoms with Gasteiger partial charge in [-0.05, 0) is 29.3 Å². The van der Waals surface area contributed by atoms with Crippen LogP contribution in [0.25, 0.3) is 0 Å². The zero-order valence-electron chi connectivity index (χ0n) is 14.6. The summed E-state index contributed by atoms with van der Waals surface area (Å²) in [5.74, 6) is 1.09. The highest BCUT2D eigenvalue weighted by atomic mass is 35.5. The lowest BCUT2D eigenvalue weighted by molar-refractivity contribution is -0.142. The number of rotatable bonds is 8. The zero-order chi connectivity index (χ0) is 18.2. The average Bonchev–Trinajstić information content (AvgIpc) is 2.63. The van der Waals surface area contributed by atoms with Crippen LogP contribution in [0.1, 0.15) is 11.1 Å². The Morgan fingerprint density at radius 3 is 2.20 bits per heavy atom. The highest BCUT2D eigenvalue weighted by Gasteiger charge is 2.15. The third kappa shape index (κ3) is 5.66. The second-order valence-electron chi connectivity index (χ2n) is 5.53. The number of hydrogen-bond acceptors (Lipinski definition) is 5. The molecule has 0 aliphatic carbocycles. The van der Waals surface area contributed by atoms with E-state index in [0.29, 0.717) is 29.6 Å². The number of benzene rings is 2. The predicted molar refractivity (Wildman–Crippen MR) is 97.1 cm³/mol. The molecule has 0 unspecified atom stereocenters. The van der Waals surface area contributed by atoms with Gasteiger partial charge in [-0.3, -0.25) is 9.69 Å². The summed E-state index contributed by atoms with van der Waals surface area (Å²) in [6.45, 7) is 1.20. The first-order chi connectivity index (χ1) is 12.0. The molecule has 0 saturated heterocycles. The first kappa shape index (κ1) is 19.1. The number of methoxy groups -OCH3 is 3. The lowest BCUT2D eigenvalue weighted by atomic mass is 10.1. The highest BCUT2D eigenvalue weighted by molar-refractivity contribution is 6.31. The van der Waals surface area contributed by atoms with Gasteiger partial charge in [-0.15, -0.1) is 0 Å².